The minimum Gasteiger partial charge on any atom is -0.144 e. The van der Waals surface area contributed by atoms with Gasteiger partial charge in [0.05, 0.1) is 28.2 Å². The maximum Gasteiger partial charge on any atom is 0.0543 e. The summed E-state index contributed by atoms with van der Waals surface area (Å²) in [5.41, 5.74) is 5.47. The van der Waals surface area contributed by atoms with Crippen LogP contribution in [0.25, 0.3) is 70.6 Å². The zero-order valence-corrected chi connectivity index (χ0v) is 23.1. The SMILES string of the molecule is Cc1csc(-c2csc3c2ccc2c3sc3c4ccc5c(-c6cc(C)cs6)csc5c4sc23)c1. The van der Waals surface area contributed by atoms with Crippen LogP contribution in [-0.4, -0.2) is 0 Å². The molecule has 0 amide bonds. The van der Waals surface area contributed by atoms with Crippen molar-refractivity contribution in [1.29, 1.82) is 0 Å². The van der Waals surface area contributed by atoms with E-state index in [-0.39, 0.29) is 0 Å². The third kappa shape index (κ3) is 2.72. The van der Waals surface area contributed by atoms with Crippen LogP contribution >= 0.6 is 68.0 Å². The molecule has 2 aromatic carbocycles. The summed E-state index contributed by atoms with van der Waals surface area (Å²) in [5.74, 6) is 0. The predicted molar refractivity (Wildman–Crippen MR) is 162 cm³/mol. The van der Waals surface area contributed by atoms with Crippen molar-refractivity contribution in [3.05, 3.63) is 69.0 Å². The first-order chi connectivity index (χ1) is 16.7. The van der Waals surface area contributed by atoms with Gasteiger partial charge in [-0.05, 0) is 47.9 Å². The van der Waals surface area contributed by atoms with Crippen molar-refractivity contribution >= 4 is 118 Å². The highest BCUT2D eigenvalue weighted by molar-refractivity contribution is 7.39. The van der Waals surface area contributed by atoms with E-state index in [0.29, 0.717) is 0 Å². The van der Waals surface area contributed by atoms with Crippen LogP contribution in [0.3, 0.4) is 0 Å². The minimum absolute atomic E-state index is 1.35. The lowest BCUT2D eigenvalue weighted by molar-refractivity contribution is 1.56. The van der Waals surface area contributed by atoms with E-state index in [4.69, 9.17) is 0 Å². The Morgan fingerprint density at radius 2 is 0.853 bits per heavy atom. The number of benzene rings is 2. The highest BCUT2D eigenvalue weighted by atomic mass is 32.1. The summed E-state index contributed by atoms with van der Waals surface area (Å²) >= 11 is 11.5. The van der Waals surface area contributed by atoms with Gasteiger partial charge in [0.1, 0.15) is 0 Å². The van der Waals surface area contributed by atoms with Crippen LogP contribution in [0, 0.1) is 13.8 Å². The second-order valence-electron chi connectivity index (χ2n) is 8.78. The predicted octanol–water partition coefficient (Wildman–Crippen LogP) is 11.8. The highest BCUT2D eigenvalue weighted by Gasteiger charge is 2.19. The van der Waals surface area contributed by atoms with E-state index in [9.17, 15) is 0 Å². The normalized spacial score (nSPS) is 12.4. The van der Waals surface area contributed by atoms with Crippen LogP contribution in [0.4, 0.5) is 0 Å². The average molecular weight is 545 g/mol. The molecule has 0 aliphatic heterocycles. The number of hydrogen-bond acceptors (Lipinski definition) is 6. The van der Waals surface area contributed by atoms with Crippen LogP contribution in [0.2, 0.25) is 0 Å². The van der Waals surface area contributed by atoms with E-state index in [1.54, 1.807) is 0 Å². The van der Waals surface area contributed by atoms with Crippen molar-refractivity contribution in [1.82, 2.24) is 0 Å². The zero-order chi connectivity index (χ0) is 22.6. The van der Waals surface area contributed by atoms with E-state index in [0.717, 1.165) is 0 Å². The Labute approximate surface area is 220 Å². The molecule has 0 radical (unpaired) electrons. The summed E-state index contributed by atoms with van der Waals surface area (Å²) < 4.78 is 8.68. The van der Waals surface area contributed by atoms with Gasteiger partial charge in [0, 0.05) is 53.2 Å². The fourth-order valence-electron chi connectivity index (χ4n) is 4.88. The molecule has 8 rings (SSSR count). The van der Waals surface area contributed by atoms with E-state index >= 15 is 0 Å². The zero-order valence-electron chi connectivity index (χ0n) is 18.2. The van der Waals surface area contributed by atoms with Crippen molar-refractivity contribution in [3.63, 3.8) is 0 Å². The number of thiophene rings is 6. The molecule has 0 saturated heterocycles. The Hall–Kier alpha value is -2.06. The van der Waals surface area contributed by atoms with E-state index in [2.05, 4.69) is 71.8 Å². The Morgan fingerprint density at radius 1 is 0.441 bits per heavy atom. The molecule has 0 nitrogen and oxygen atoms in total. The van der Waals surface area contributed by atoms with Gasteiger partial charge in [-0.25, -0.2) is 0 Å². The molecule has 0 unspecified atom stereocenters. The van der Waals surface area contributed by atoms with Gasteiger partial charge >= 0.3 is 0 Å². The number of rotatable bonds is 2. The van der Waals surface area contributed by atoms with Crippen molar-refractivity contribution in [2.24, 2.45) is 0 Å². The van der Waals surface area contributed by atoms with Crippen molar-refractivity contribution in [2.75, 3.05) is 0 Å². The average Bonchev–Trinajstić information content (AvgIpc) is 3.63. The monoisotopic (exact) mass is 544 g/mol. The minimum atomic E-state index is 1.35. The molecule has 0 bridgehead atoms. The van der Waals surface area contributed by atoms with Crippen molar-refractivity contribution < 1.29 is 0 Å². The van der Waals surface area contributed by atoms with Gasteiger partial charge in [0.2, 0.25) is 0 Å². The van der Waals surface area contributed by atoms with Gasteiger partial charge in [-0.2, -0.15) is 0 Å². The smallest absolute Gasteiger partial charge is 0.0543 e. The summed E-state index contributed by atoms with van der Waals surface area (Å²) in [5, 5.41) is 14.8. The first-order valence-corrected chi connectivity index (χ1v) is 16.1. The maximum atomic E-state index is 2.37. The van der Waals surface area contributed by atoms with Gasteiger partial charge in [-0.3, -0.25) is 0 Å². The molecule has 0 atom stereocenters. The quantitative estimate of drug-likeness (QED) is 0.203. The molecule has 34 heavy (non-hydrogen) atoms. The Bertz CT molecular complexity index is 1900. The fraction of sp³-hybridized carbons (Fsp3) is 0.0714. The van der Waals surface area contributed by atoms with E-state index in [1.807, 2.05) is 68.0 Å². The summed E-state index contributed by atoms with van der Waals surface area (Å²) in [7, 11) is 0. The standard InChI is InChI=1S/C28H16S6/c1-13-7-21(29-9-13)19-11-31-23-15(19)3-5-17-25(23)33-28-18-6-4-16-20(22-8-14(2)10-30-22)12-32-24(16)26(18)34-27(17)28/h3-12H,1-2H3. The Kier molecular flexibility index (Phi) is 4.29. The molecular formula is C28H16S6. The van der Waals surface area contributed by atoms with Gasteiger partial charge < -0.3 is 0 Å². The van der Waals surface area contributed by atoms with Crippen LogP contribution in [0.1, 0.15) is 11.1 Å². The lowest BCUT2D eigenvalue weighted by Gasteiger charge is -1.98. The van der Waals surface area contributed by atoms with Crippen LogP contribution in [0.5, 0.6) is 0 Å². The van der Waals surface area contributed by atoms with Gasteiger partial charge in [-0.15, -0.1) is 68.0 Å². The molecule has 6 aromatic heterocycles. The Balaban J connectivity index is 1.37. The van der Waals surface area contributed by atoms with Crippen molar-refractivity contribution in [2.45, 2.75) is 13.8 Å². The topological polar surface area (TPSA) is 0 Å². The number of aryl methyl sites for hydroxylation is 2. The van der Waals surface area contributed by atoms with E-state index in [1.165, 1.54) is 81.8 Å². The van der Waals surface area contributed by atoms with Gasteiger partial charge in [-0.1, -0.05) is 24.3 Å². The fourth-order valence-corrected chi connectivity index (χ4v) is 12.2. The molecule has 8 aromatic rings. The molecule has 0 fully saturated rings. The Morgan fingerprint density at radius 3 is 1.26 bits per heavy atom. The summed E-state index contributed by atoms with van der Waals surface area (Å²) in [6, 6.07) is 14.1. The lowest BCUT2D eigenvalue weighted by atomic mass is 10.1. The largest absolute Gasteiger partial charge is 0.144 e. The second-order valence-corrected chi connectivity index (χ2v) is 14.4. The van der Waals surface area contributed by atoms with Gasteiger partial charge in [0.25, 0.3) is 0 Å². The van der Waals surface area contributed by atoms with Crippen LogP contribution in [-0.2, 0) is 0 Å². The van der Waals surface area contributed by atoms with E-state index < -0.39 is 0 Å². The molecule has 0 saturated carbocycles. The molecular weight excluding hydrogens is 529 g/mol. The molecule has 0 spiro atoms. The molecule has 164 valence electrons. The lowest BCUT2D eigenvalue weighted by Crippen LogP contribution is -1.70. The molecule has 0 aliphatic rings. The first-order valence-electron chi connectivity index (χ1n) is 11.0. The summed E-state index contributed by atoms with van der Waals surface area (Å²) in [6.07, 6.45) is 0. The molecule has 6 heterocycles. The molecule has 0 aliphatic carbocycles. The van der Waals surface area contributed by atoms with Crippen LogP contribution in [0.15, 0.2) is 57.9 Å². The third-order valence-electron chi connectivity index (χ3n) is 6.49. The highest BCUT2D eigenvalue weighted by Crippen LogP contribution is 2.52. The maximum absolute atomic E-state index is 2.37. The second kappa shape index (κ2) is 7.23. The number of hydrogen-bond donors (Lipinski definition) is 0. The summed E-state index contributed by atoms with van der Waals surface area (Å²) in [6.45, 7) is 4.36. The number of fused-ring (bicyclic) bond motifs is 9. The van der Waals surface area contributed by atoms with Gasteiger partial charge in [0.15, 0.2) is 0 Å². The molecule has 6 heteroatoms. The summed E-state index contributed by atoms with van der Waals surface area (Å²) in [4.78, 5) is 2.76. The molecule has 0 N–H and O–H groups in total. The van der Waals surface area contributed by atoms with Crippen molar-refractivity contribution in [3.8, 4) is 20.9 Å². The third-order valence-corrected chi connectivity index (χ3v) is 13.6. The van der Waals surface area contributed by atoms with Crippen LogP contribution < -0.4 is 0 Å². The first kappa shape index (κ1) is 20.2.